The highest BCUT2D eigenvalue weighted by Crippen LogP contribution is 2.51. The maximum absolute atomic E-state index is 12.5. The van der Waals surface area contributed by atoms with Crippen molar-refractivity contribution in [1.29, 1.82) is 0 Å². The van der Waals surface area contributed by atoms with Gasteiger partial charge in [0, 0.05) is 11.0 Å². The van der Waals surface area contributed by atoms with E-state index in [0.29, 0.717) is 25.3 Å². The second-order valence-corrected chi connectivity index (χ2v) is 9.13. The highest BCUT2D eigenvalue weighted by atomic mass is 16.5. The van der Waals surface area contributed by atoms with E-state index in [4.69, 9.17) is 15.2 Å². The normalized spacial score (nSPS) is 24.2. The highest BCUT2D eigenvalue weighted by molar-refractivity contribution is 5.71. The van der Waals surface area contributed by atoms with Gasteiger partial charge in [-0.3, -0.25) is 9.78 Å². The van der Waals surface area contributed by atoms with Crippen molar-refractivity contribution in [3.8, 4) is 11.3 Å². The molecule has 32 heavy (non-hydrogen) atoms. The molecule has 0 spiro atoms. The Hall–Kier alpha value is -3.18. The van der Waals surface area contributed by atoms with Gasteiger partial charge in [0.15, 0.2) is 0 Å². The fourth-order valence-electron chi connectivity index (χ4n) is 4.99. The van der Waals surface area contributed by atoms with Gasteiger partial charge in [-0.25, -0.2) is 0 Å². The number of nitrogens with two attached hydrogens (primary N) is 1. The van der Waals surface area contributed by atoms with Crippen molar-refractivity contribution in [2.75, 3.05) is 12.3 Å². The van der Waals surface area contributed by atoms with E-state index >= 15 is 0 Å². The molecule has 0 atom stereocenters. The second-order valence-electron chi connectivity index (χ2n) is 9.13. The van der Waals surface area contributed by atoms with Crippen molar-refractivity contribution in [2.24, 2.45) is 0 Å². The third kappa shape index (κ3) is 4.13. The summed E-state index contributed by atoms with van der Waals surface area (Å²) in [6, 6.07) is 22.2. The van der Waals surface area contributed by atoms with E-state index in [1.807, 2.05) is 42.5 Å². The molecule has 2 bridgehead atoms. The number of ether oxygens (including phenoxy) is 2. The van der Waals surface area contributed by atoms with Gasteiger partial charge in [-0.2, -0.15) is 0 Å². The van der Waals surface area contributed by atoms with Gasteiger partial charge in [-0.05, 0) is 48.9 Å². The smallest absolute Gasteiger partial charge is 0.309 e. The molecule has 5 heteroatoms. The zero-order chi connectivity index (χ0) is 22.0. The summed E-state index contributed by atoms with van der Waals surface area (Å²) in [5, 5.41) is 0. The van der Waals surface area contributed by atoms with Crippen LogP contribution in [0.25, 0.3) is 11.3 Å². The monoisotopic (exact) mass is 428 g/mol. The Morgan fingerprint density at radius 1 is 0.969 bits per heavy atom. The number of hydrogen-bond acceptors (Lipinski definition) is 5. The summed E-state index contributed by atoms with van der Waals surface area (Å²) < 4.78 is 11.9. The maximum Gasteiger partial charge on any atom is 0.309 e. The third-order valence-corrected chi connectivity index (χ3v) is 7.06. The number of pyridine rings is 1. The van der Waals surface area contributed by atoms with Gasteiger partial charge in [0.25, 0.3) is 0 Å². The zero-order valence-electron chi connectivity index (χ0n) is 18.1. The minimum absolute atomic E-state index is 0.0305. The summed E-state index contributed by atoms with van der Waals surface area (Å²) in [5.74, 6) is -0.177. The van der Waals surface area contributed by atoms with Crippen molar-refractivity contribution in [3.63, 3.8) is 0 Å². The molecule has 1 aliphatic carbocycles. The number of carbonyl (C=O) groups is 1. The summed E-state index contributed by atoms with van der Waals surface area (Å²) in [6.45, 7) is 0.966. The van der Waals surface area contributed by atoms with Crippen LogP contribution in [-0.4, -0.2) is 23.2 Å². The Morgan fingerprint density at radius 2 is 1.72 bits per heavy atom. The molecule has 6 rings (SSSR count). The summed E-state index contributed by atoms with van der Waals surface area (Å²) in [6.07, 6.45) is 5.83. The van der Waals surface area contributed by atoms with Gasteiger partial charge in [0.05, 0.1) is 36.2 Å². The third-order valence-electron chi connectivity index (χ3n) is 7.06. The zero-order valence-corrected chi connectivity index (χ0v) is 18.1. The lowest BCUT2D eigenvalue weighted by Gasteiger charge is -2.53. The first-order chi connectivity index (χ1) is 15.6. The summed E-state index contributed by atoms with van der Waals surface area (Å²) in [7, 11) is 0. The number of esters is 1. The maximum atomic E-state index is 12.5. The standard InChI is InChI=1S/C27H28N2O3/c28-23-10-11-24(29-17-23)21-6-8-22(9-7-21)26-12-14-27(15-13-26,32-19-26)16-25(30)31-18-20-4-2-1-3-5-20/h1-11,17H,12-16,18-19,28H2. The molecule has 2 N–H and O–H groups in total. The molecule has 0 amide bonds. The van der Waals surface area contributed by atoms with Gasteiger partial charge in [0.1, 0.15) is 6.61 Å². The van der Waals surface area contributed by atoms with E-state index in [-0.39, 0.29) is 17.0 Å². The molecular formula is C27H28N2O3. The van der Waals surface area contributed by atoms with Gasteiger partial charge in [-0.15, -0.1) is 0 Å². The molecule has 3 heterocycles. The van der Waals surface area contributed by atoms with Gasteiger partial charge < -0.3 is 15.2 Å². The number of fused-ring (bicyclic) bond motifs is 3. The predicted molar refractivity (Wildman–Crippen MR) is 124 cm³/mol. The molecule has 5 nitrogen and oxygen atoms in total. The summed E-state index contributed by atoms with van der Waals surface area (Å²) >= 11 is 0. The number of nitrogen functional groups attached to an aromatic ring is 1. The molecule has 1 saturated carbocycles. The number of anilines is 1. The number of rotatable bonds is 6. The Bertz CT molecular complexity index is 1050. The number of aromatic nitrogens is 1. The van der Waals surface area contributed by atoms with E-state index in [9.17, 15) is 4.79 Å². The predicted octanol–water partition coefficient (Wildman–Crippen LogP) is 5.05. The Morgan fingerprint density at radius 3 is 2.34 bits per heavy atom. The minimum atomic E-state index is -0.372. The van der Waals surface area contributed by atoms with Gasteiger partial charge in [0.2, 0.25) is 0 Å². The van der Waals surface area contributed by atoms with Crippen LogP contribution in [0.15, 0.2) is 72.9 Å². The fraction of sp³-hybridized carbons (Fsp3) is 0.333. The van der Waals surface area contributed by atoms with E-state index in [1.54, 1.807) is 6.20 Å². The summed E-state index contributed by atoms with van der Waals surface area (Å²) in [5.41, 5.74) is 10.4. The minimum Gasteiger partial charge on any atom is -0.461 e. The topological polar surface area (TPSA) is 74.4 Å². The molecule has 1 aromatic heterocycles. The molecule has 3 aliphatic rings. The quantitative estimate of drug-likeness (QED) is 0.557. The van der Waals surface area contributed by atoms with E-state index in [0.717, 1.165) is 42.5 Å². The molecule has 0 radical (unpaired) electrons. The molecule has 2 aliphatic heterocycles. The number of benzene rings is 2. The SMILES string of the molecule is Nc1ccc(-c2ccc(C34CCC(CC(=O)OCc5ccccc5)(CC3)OC4)cc2)nc1. The van der Waals surface area contributed by atoms with Crippen LogP contribution in [0.2, 0.25) is 0 Å². The Balaban J connectivity index is 1.21. The van der Waals surface area contributed by atoms with Crippen molar-refractivity contribution in [3.05, 3.63) is 84.1 Å². The molecule has 2 saturated heterocycles. The van der Waals surface area contributed by atoms with Crippen LogP contribution < -0.4 is 5.73 Å². The number of carbonyl (C=O) groups excluding carboxylic acids is 1. The van der Waals surface area contributed by atoms with E-state index in [2.05, 4.69) is 29.2 Å². The van der Waals surface area contributed by atoms with Crippen molar-refractivity contribution in [1.82, 2.24) is 4.98 Å². The first kappa shape index (κ1) is 20.7. The Labute approximate surface area is 188 Å². The molecule has 0 unspecified atom stereocenters. The van der Waals surface area contributed by atoms with Crippen molar-refractivity contribution < 1.29 is 14.3 Å². The van der Waals surface area contributed by atoms with Crippen LogP contribution in [0, 0.1) is 0 Å². The van der Waals surface area contributed by atoms with E-state index in [1.165, 1.54) is 5.56 Å². The number of hydrogen-bond donors (Lipinski definition) is 1. The molecule has 2 aromatic carbocycles. The lowest BCUT2D eigenvalue weighted by molar-refractivity contribution is -0.179. The highest BCUT2D eigenvalue weighted by Gasteiger charge is 2.51. The van der Waals surface area contributed by atoms with Crippen LogP contribution in [0.1, 0.15) is 43.2 Å². The van der Waals surface area contributed by atoms with Gasteiger partial charge >= 0.3 is 5.97 Å². The number of nitrogens with zero attached hydrogens (tertiary/aromatic N) is 1. The van der Waals surface area contributed by atoms with Crippen molar-refractivity contribution >= 4 is 11.7 Å². The molecular weight excluding hydrogens is 400 g/mol. The van der Waals surface area contributed by atoms with Crippen LogP contribution >= 0.6 is 0 Å². The largest absolute Gasteiger partial charge is 0.461 e. The molecule has 3 fully saturated rings. The second kappa shape index (κ2) is 8.40. The average molecular weight is 429 g/mol. The molecule has 3 aromatic rings. The fourth-order valence-corrected chi connectivity index (χ4v) is 4.99. The van der Waals surface area contributed by atoms with Crippen LogP contribution in [0.3, 0.4) is 0 Å². The Kier molecular flexibility index (Phi) is 5.43. The average Bonchev–Trinajstić information content (AvgIpc) is 2.85. The van der Waals surface area contributed by atoms with Crippen LogP contribution in [0.5, 0.6) is 0 Å². The van der Waals surface area contributed by atoms with Crippen LogP contribution in [0.4, 0.5) is 5.69 Å². The summed E-state index contributed by atoms with van der Waals surface area (Å²) in [4.78, 5) is 16.9. The first-order valence-electron chi connectivity index (χ1n) is 11.2. The van der Waals surface area contributed by atoms with Crippen molar-refractivity contribution in [2.45, 2.75) is 49.7 Å². The molecule has 164 valence electrons. The lowest BCUT2D eigenvalue weighted by atomic mass is 9.62. The van der Waals surface area contributed by atoms with E-state index < -0.39 is 0 Å². The van der Waals surface area contributed by atoms with Crippen LogP contribution in [-0.2, 0) is 26.3 Å². The first-order valence-corrected chi connectivity index (χ1v) is 11.2. The van der Waals surface area contributed by atoms with Gasteiger partial charge in [-0.1, -0.05) is 54.6 Å². The lowest BCUT2D eigenvalue weighted by Crippen LogP contribution is -2.54.